The van der Waals surface area contributed by atoms with Gasteiger partial charge in [-0.3, -0.25) is 71.9 Å². The van der Waals surface area contributed by atoms with Crippen LogP contribution in [-0.4, -0.2) is 267 Å². The Labute approximate surface area is 616 Å². The van der Waals surface area contributed by atoms with Crippen molar-refractivity contribution >= 4 is 116 Å². The predicted octanol–water partition coefficient (Wildman–Crippen LogP) is -4.91. The number of aliphatic hydroxyl groups excluding tert-OH is 2. The number of urea groups is 1. The molecule has 5 aliphatic rings. The largest absolute Gasteiger partial charge is 0.481 e. The Morgan fingerprint density at radius 3 is 1.59 bits per heavy atom. The van der Waals surface area contributed by atoms with Crippen LogP contribution in [0.2, 0.25) is 0 Å². The van der Waals surface area contributed by atoms with Gasteiger partial charge >= 0.3 is 12.0 Å². The molecule has 38 heteroatoms. The molecule has 36 nitrogen and oxygen atoms in total. The molecule has 16 atom stereocenters. The molecule has 6 rings (SSSR count). The number of amides is 16. The van der Waals surface area contributed by atoms with Crippen molar-refractivity contribution in [2.24, 2.45) is 23.3 Å². The highest BCUT2D eigenvalue weighted by molar-refractivity contribution is 8.76. The minimum atomic E-state index is -1.96. The summed E-state index contributed by atoms with van der Waals surface area (Å²) in [5.74, 6) is -17.1. The first-order chi connectivity index (χ1) is 50.0. The van der Waals surface area contributed by atoms with Gasteiger partial charge in [0.1, 0.15) is 78.5 Å². The van der Waals surface area contributed by atoms with Gasteiger partial charge in [0.15, 0.2) is 0 Å². The maximum atomic E-state index is 15.3. The van der Waals surface area contributed by atoms with E-state index in [4.69, 9.17) is 11.5 Å². The molecular weight excluding hydrogens is 1410 g/mol. The lowest BCUT2D eigenvalue weighted by molar-refractivity contribution is -0.149. The summed E-state index contributed by atoms with van der Waals surface area (Å²) >= 11 is 0. The van der Waals surface area contributed by atoms with Gasteiger partial charge in [0.25, 0.3) is 0 Å². The van der Waals surface area contributed by atoms with E-state index in [1.54, 1.807) is 58.0 Å². The SMILES string of the molecule is CC[C@H](C)[C@@H]1NC(=O)[C@@H]2CCCN2C(=O)[C@@H]2CCCN2C(=O)[C@H]([C@@H](C)CC)NC(=O)[C@H](CO)NC(=O)[C@H](CCCCN)NC(=O)[C@H]([C@@H](C)O)NC(=O)[C@@H]2CSSC[C@H](NC1=O)C(=O)N[C@@H](Cc1ccccc1)C(=O)N1CCC[C@@H]1C(=O)N[C@@H](CC(=O)O)C(=O)NCC(=O)N[C@@H](CCCNC(N)=O)C(=O)N2. The van der Waals surface area contributed by atoms with E-state index >= 15 is 14.4 Å². The first kappa shape index (κ1) is 85.1. The third kappa shape index (κ3) is 24.6. The Morgan fingerprint density at radius 2 is 1.01 bits per heavy atom. The van der Waals surface area contributed by atoms with Gasteiger partial charge in [0.05, 0.1) is 25.7 Å². The fraction of sp³-hybridized carbons (Fsp3) is 0.672. The van der Waals surface area contributed by atoms with Crippen molar-refractivity contribution in [1.82, 2.24) is 78.5 Å². The van der Waals surface area contributed by atoms with Crippen molar-refractivity contribution in [3.8, 4) is 0 Å². The maximum absolute atomic E-state index is 15.3. The molecule has 19 N–H and O–H groups in total. The summed E-state index contributed by atoms with van der Waals surface area (Å²) < 4.78 is 0. The summed E-state index contributed by atoms with van der Waals surface area (Å²) in [6.45, 7) is 6.08. The highest BCUT2D eigenvalue weighted by atomic mass is 33.1. The normalized spacial score (nSPS) is 28.5. The van der Waals surface area contributed by atoms with Crippen LogP contribution in [0, 0.1) is 11.8 Å². The number of nitrogens with two attached hydrogens (primary N) is 2. The van der Waals surface area contributed by atoms with Gasteiger partial charge in [0, 0.05) is 44.1 Å². The van der Waals surface area contributed by atoms with E-state index in [0.29, 0.717) is 31.2 Å². The van der Waals surface area contributed by atoms with E-state index in [1.165, 1.54) is 14.7 Å². The van der Waals surface area contributed by atoms with Crippen molar-refractivity contribution in [2.45, 2.75) is 216 Å². The van der Waals surface area contributed by atoms with Crippen LogP contribution in [0.4, 0.5) is 4.79 Å². The van der Waals surface area contributed by atoms with E-state index in [9.17, 15) is 77.6 Å². The van der Waals surface area contributed by atoms with Crippen LogP contribution in [0.5, 0.6) is 0 Å². The van der Waals surface area contributed by atoms with Gasteiger partial charge in [-0.25, -0.2) is 4.79 Å². The van der Waals surface area contributed by atoms with Gasteiger partial charge in [0.2, 0.25) is 82.7 Å². The van der Waals surface area contributed by atoms with Crippen molar-refractivity contribution in [1.29, 1.82) is 0 Å². The van der Waals surface area contributed by atoms with Crippen LogP contribution < -0.4 is 75.3 Å². The molecule has 0 aromatic heterocycles. The number of carbonyl (C=O) groups is 16. The molecule has 5 aliphatic heterocycles. The number of nitrogens with one attached hydrogen (secondary N) is 12. The number of carboxylic acid groups (broad SMARTS) is 1. The van der Waals surface area contributed by atoms with Crippen LogP contribution >= 0.6 is 21.6 Å². The van der Waals surface area contributed by atoms with Gasteiger partial charge in [-0.2, -0.15) is 0 Å². The number of fused-ring (bicyclic) bond motifs is 8. The predicted molar refractivity (Wildman–Crippen MR) is 381 cm³/mol. The smallest absolute Gasteiger partial charge is 0.312 e. The van der Waals surface area contributed by atoms with Gasteiger partial charge in [-0.1, -0.05) is 92.5 Å². The van der Waals surface area contributed by atoms with E-state index in [1.807, 2.05) is 0 Å². The molecule has 0 spiro atoms. The lowest BCUT2D eigenvalue weighted by atomic mass is 9.96. The van der Waals surface area contributed by atoms with Crippen LogP contribution in [0.1, 0.15) is 130 Å². The summed E-state index contributed by atoms with van der Waals surface area (Å²) in [6.07, 6.45) is -1.22. The second-order valence-corrected chi connectivity index (χ2v) is 29.6. The summed E-state index contributed by atoms with van der Waals surface area (Å²) in [6, 6.07) is -12.6. The van der Waals surface area contributed by atoms with Crippen molar-refractivity contribution in [3.05, 3.63) is 35.9 Å². The summed E-state index contributed by atoms with van der Waals surface area (Å²) in [5, 5.41) is 62.3. The summed E-state index contributed by atoms with van der Waals surface area (Å²) in [7, 11) is 1.67. The third-order valence-corrected chi connectivity index (χ3v) is 21.7. The number of rotatable bonds is 18. The molecule has 5 saturated heterocycles. The molecule has 0 unspecified atom stereocenters. The molecule has 105 heavy (non-hydrogen) atoms. The molecule has 1 aromatic carbocycles. The second kappa shape index (κ2) is 41.7. The highest BCUT2D eigenvalue weighted by Crippen LogP contribution is 2.29. The zero-order valence-electron chi connectivity index (χ0n) is 59.8. The molecule has 2 bridgehead atoms. The molecule has 5 heterocycles. The molecule has 0 saturated carbocycles. The maximum Gasteiger partial charge on any atom is 0.312 e. The number of aliphatic hydroxyl groups is 2. The fourth-order valence-electron chi connectivity index (χ4n) is 12.9. The molecule has 5 fully saturated rings. The Hall–Kier alpha value is -8.88. The van der Waals surface area contributed by atoms with Crippen LogP contribution in [0.15, 0.2) is 30.3 Å². The van der Waals surface area contributed by atoms with Crippen LogP contribution in [-0.2, 0) is 78.3 Å². The number of carbonyl (C=O) groups excluding carboxylic acids is 15. The number of primary amides is 1. The summed E-state index contributed by atoms with van der Waals surface area (Å²) in [5.41, 5.74) is 11.6. The molecular formula is C67H103N17O19S2. The molecule has 0 radical (unpaired) electrons. The third-order valence-electron chi connectivity index (χ3n) is 19.3. The monoisotopic (exact) mass is 1510 g/mol. The fourth-order valence-corrected chi connectivity index (χ4v) is 15.3. The van der Waals surface area contributed by atoms with E-state index in [2.05, 4.69) is 63.8 Å². The first-order valence-electron chi connectivity index (χ1n) is 35.8. The Balaban J connectivity index is 1.50. The standard InChI is InChI=1S/C67H103N17O19S2/c1-6-35(3)51-62(98)78-44-33-104-105-34-45(77-55(91)39(20-13-25-70-67(69)103)72-49(87)31-71-54(90)41(30-50(88)89)74-60(96)46-21-14-26-82(46)64(100)42(75-58(44)94)29-38-17-9-8-10-18-38)59(95)81-53(37(5)86)63(99)73-40(19-11-12-24-68)56(92)76-43(32-85)57(93)80-52(36(4)7-2)66(102)84-28-16-23-48(84)65(101)83-27-15-22-47(83)61(97)79-51/h8-10,17-18,35-37,39-48,51-53,85-86H,6-7,11-16,19-34,68H2,1-5H3,(H,71,90)(H,72,87)(H,73,99)(H,74,96)(H,75,94)(H,76,92)(H,77,91)(H,78,98)(H,79,97)(H,80,93)(H,81,95)(H,88,89)(H3,69,70,103)/t35-,36-,37+,39-,40-,41-,42-,43-,44-,45-,46+,47-,48-,51-,52-,53-/m0/s1. The number of aliphatic carboxylic acids is 1. The Kier molecular flexibility index (Phi) is 33.8. The van der Waals surface area contributed by atoms with Gasteiger partial charge in [-0.05, 0) is 101 Å². The zero-order chi connectivity index (χ0) is 77.2. The van der Waals surface area contributed by atoms with Crippen molar-refractivity contribution < 1.29 is 92.0 Å². The van der Waals surface area contributed by atoms with Crippen molar-refractivity contribution in [3.63, 3.8) is 0 Å². The van der Waals surface area contributed by atoms with Crippen molar-refractivity contribution in [2.75, 3.05) is 57.4 Å². The minimum absolute atomic E-state index is 0.0133. The van der Waals surface area contributed by atoms with E-state index < -0.39 is 222 Å². The topological polar surface area (TPSA) is 540 Å². The van der Waals surface area contributed by atoms with Crippen LogP contribution in [0.3, 0.4) is 0 Å². The average Bonchev–Trinajstić information content (AvgIpc) is 1.69. The molecule has 582 valence electrons. The van der Waals surface area contributed by atoms with Gasteiger partial charge < -0.3 is 105 Å². The quantitative estimate of drug-likeness (QED) is 0.0484. The van der Waals surface area contributed by atoms with E-state index in [0.717, 1.165) is 28.5 Å². The minimum Gasteiger partial charge on any atom is -0.481 e. The van der Waals surface area contributed by atoms with E-state index in [-0.39, 0.29) is 96.9 Å². The number of hydrogen-bond acceptors (Lipinski definition) is 21. The lowest BCUT2D eigenvalue weighted by Gasteiger charge is -2.35. The molecule has 16 amide bonds. The number of unbranched alkanes of at least 4 members (excludes halogenated alkanes) is 1. The average molecular weight is 1510 g/mol. The number of nitrogens with zero attached hydrogens (tertiary/aromatic N) is 3. The Morgan fingerprint density at radius 1 is 0.533 bits per heavy atom. The molecule has 0 aliphatic carbocycles. The highest BCUT2D eigenvalue weighted by Gasteiger charge is 2.47. The first-order valence-corrected chi connectivity index (χ1v) is 38.3. The summed E-state index contributed by atoms with van der Waals surface area (Å²) in [4.78, 5) is 233. The number of carboxylic acids is 1. The Bertz CT molecular complexity index is 3290. The zero-order valence-corrected chi connectivity index (χ0v) is 61.4. The number of benzene rings is 1. The lowest BCUT2D eigenvalue weighted by Crippen LogP contribution is -2.62. The number of hydrogen-bond donors (Lipinski definition) is 17. The van der Waals surface area contributed by atoms with Crippen LogP contribution in [0.25, 0.3) is 0 Å². The second-order valence-electron chi connectivity index (χ2n) is 27.0. The molecule has 1 aromatic rings. The van der Waals surface area contributed by atoms with Gasteiger partial charge in [-0.15, -0.1) is 0 Å².